The third-order valence-electron chi connectivity index (χ3n) is 3.00. The van der Waals surface area contributed by atoms with Gasteiger partial charge in [0.25, 0.3) is 0 Å². The quantitative estimate of drug-likeness (QED) is 0.533. The van der Waals surface area contributed by atoms with E-state index in [4.69, 9.17) is 4.74 Å². The molecule has 2 aromatic carbocycles. The van der Waals surface area contributed by atoms with Gasteiger partial charge < -0.3 is 4.74 Å². The van der Waals surface area contributed by atoms with Gasteiger partial charge in [0.2, 0.25) is 0 Å². The molecular formula is C18H15N3OS. The minimum absolute atomic E-state index is 0.385. The number of ether oxygens (including phenoxy) is 1. The molecule has 4 nitrogen and oxygen atoms in total. The van der Waals surface area contributed by atoms with Gasteiger partial charge in [0, 0.05) is 5.69 Å². The summed E-state index contributed by atoms with van der Waals surface area (Å²) in [5.74, 6) is 7.56. The number of aromatic nitrogens is 3. The Hall–Kier alpha value is -2.71. The predicted molar refractivity (Wildman–Crippen MR) is 91.8 cm³/mol. The van der Waals surface area contributed by atoms with Crippen molar-refractivity contribution in [3.05, 3.63) is 67.0 Å². The van der Waals surface area contributed by atoms with E-state index in [1.165, 1.54) is 0 Å². The summed E-state index contributed by atoms with van der Waals surface area (Å²) in [6.07, 6.45) is 1.71. The van der Waals surface area contributed by atoms with Crippen molar-refractivity contribution in [3.8, 4) is 23.3 Å². The second kappa shape index (κ2) is 8.06. The van der Waals surface area contributed by atoms with Crippen molar-refractivity contribution in [1.29, 1.82) is 0 Å². The molecule has 0 atom stereocenters. The lowest BCUT2D eigenvalue weighted by Crippen LogP contribution is -1.95. The van der Waals surface area contributed by atoms with Gasteiger partial charge in [0.1, 0.15) is 18.7 Å². The molecule has 114 valence electrons. The van der Waals surface area contributed by atoms with E-state index in [1.807, 2.05) is 65.2 Å². The van der Waals surface area contributed by atoms with Gasteiger partial charge in [-0.3, -0.25) is 4.57 Å². The zero-order chi connectivity index (χ0) is 15.7. The molecular weight excluding hydrogens is 306 g/mol. The first-order valence-corrected chi connectivity index (χ1v) is 8.14. The number of hydrogen-bond acceptors (Lipinski definition) is 4. The Morgan fingerprint density at radius 3 is 2.48 bits per heavy atom. The van der Waals surface area contributed by atoms with Crippen LogP contribution in [0.5, 0.6) is 5.75 Å². The summed E-state index contributed by atoms with van der Waals surface area (Å²) in [4.78, 5) is 0. The van der Waals surface area contributed by atoms with E-state index in [0.717, 1.165) is 16.6 Å². The largest absolute Gasteiger partial charge is 0.481 e. The lowest BCUT2D eigenvalue weighted by Gasteiger charge is -2.03. The molecule has 0 fully saturated rings. The van der Waals surface area contributed by atoms with Crippen molar-refractivity contribution >= 4 is 11.8 Å². The summed E-state index contributed by atoms with van der Waals surface area (Å²) < 4.78 is 7.47. The normalized spacial score (nSPS) is 9.91. The van der Waals surface area contributed by atoms with Gasteiger partial charge >= 0.3 is 0 Å². The van der Waals surface area contributed by atoms with E-state index in [1.54, 1.807) is 18.1 Å². The fourth-order valence-electron chi connectivity index (χ4n) is 1.93. The molecule has 0 spiro atoms. The van der Waals surface area contributed by atoms with Gasteiger partial charge in [-0.1, -0.05) is 60.0 Å². The monoisotopic (exact) mass is 321 g/mol. The second-order valence-electron chi connectivity index (χ2n) is 4.56. The molecule has 3 aromatic rings. The van der Waals surface area contributed by atoms with Crippen molar-refractivity contribution < 1.29 is 4.74 Å². The van der Waals surface area contributed by atoms with Crippen molar-refractivity contribution in [2.24, 2.45) is 0 Å². The minimum atomic E-state index is 0.385. The number of benzene rings is 2. The Labute approximate surface area is 139 Å². The summed E-state index contributed by atoms with van der Waals surface area (Å²) in [6, 6.07) is 19.7. The van der Waals surface area contributed by atoms with Crippen molar-refractivity contribution in [3.63, 3.8) is 0 Å². The Balaban J connectivity index is 1.51. The van der Waals surface area contributed by atoms with Crippen LogP contribution in [0.25, 0.3) is 5.69 Å². The Kier molecular flexibility index (Phi) is 5.33. The third-order valence-corrected chi connectivity index (χ3v) is 3.83. The highest BCUT2D eigenvalue weighted by atomic mass is 32.2. The van der Waals surface area contributed by atoms with E-state index >= 15 is 0 Å². The van der Waals surface area contributed by atoms with E-state index in [0.29, 0.717) is 12.4 Å². The van der Waals surface area contributed by atoms with Gasteiger partial charge in [-0.2, -0.15) is 0 Å². The molecule has 0 aliphatic heterocycles. The van der Waals surface area contributed by atoms with Crippen LogP contribution in [0.1, 0.15) is 0 Å². The zero-order valence-corrected chi connectivity index (χ0v) is 13.2. The minimum Gasteiger partial charge on any atom is -0.481 e. The average molecular weight is 321 g/mol. The highest BCUT2D eigenvalue weighted by Gasteiger charge is 2.05. The summed E-state index contributed by atoms with van der Waals surface area (Å²) in [6.45, 7) is 0.385. The fourth-order valence-corrected chi connectivity index (χ4v) is 2.63. The summed E-state index contributed by atoms with van der Waals surface area (Å²) >= 11 is 1.55. The zero-order valence-electron chi connectivity index (χ0n) is 12.4. The Morgan fingerprint density at radius 1 is 0.957 bits per heavy atom. The van der Waals surface area contributed by atoms with Crippen molar-refractivity contribution in [2.45, 2.75) is 5.16 Å². The van der Waals surface area contributed by atoms with Crippen LogP contribution in [-0.2, 0) is 0 Å². The van der Waals surface area contributed by atoms with Crippen LogP contribution in [-0.4, -0.2) is 27.1 Å². The number of rotatable bonds is 5. The number of nitrogens with zero attached hydrogens (tertiary/aromatic N) is 3. The van der Waals surface area contributed by atoms with E-state index in [2.05, 4.69) is 22.0 Å². The first-order chi connectivity index (χ1) is 11.4. The van der Waals surface area contributed by atoms with E-state index in [-0.39, 0.29) is 0 Å². The number of thioether (sulfide) groups is 1. The molecule has 0 radical (unpaired) electrons. The molecule has 0 aliphatic rings. The van der Waals surface area contributed by atoms with Crippen LogP contribution in [0.15, 0.2) is 72.1 Å². The smallest absolute Gasteiger partial charge is 0.196 e. The fraction of sp³-hybridized carbons (Fsp3) is 0.111. The molecule has 1 heterocycles. The van der Waals surface area contributed by atoms with Crippen LogP contribution < -0.4 is 4.74 Å². The first-order valence-electron chi connectivity index (χ1n) is 7.15. The maximum Gasteiger partial charge on any atom is 0.196 e. The average Bonchev–Trinajstić information content (AvgIpc) is 3.08. The van der Waals surface area contributed by atoms with E-state index in [9.17, 15) is 0 Å². The van der Waals surface area contributed by atoms with Crippen LogP contribution in [0.2, 0.25) is 0 Å². The van der Waals surface area contributed by atoms with E-state index < -0.39 is 0 Å². The van der Waals surface area contributed by atoms with Gasteiger partial charge in [-0.05, 0) is 24.3 Å². The number of para-hydroxylation sites is 2. The maximum atomic E-state index is 5.52. The summed E-state index contributed by atoms with van der Waals surface area (Å²) in [5.41, 5.74) is 1.04. The first kappa shape index (κ1) is 15.2. The summed E-state index contributed by atoms with van der Waals surface area (Å²) in [5, 5.41) is 8.94. The molecule has 23 heavy (non-hydrogen) atoms. The van der Waals surface area contributed by atoms with Gasteiger partial charge in [-0.25, -0.2) is 0 Å². The lowest BCUT2D eigenvalue weighted by molar-refractivity contribution is 0.370. The molecule has 0 aliphatic carbocycles. The molecule has 5 heteroatoms. The Morgan fingerprint density at radius 2 is 1.70 bits per heavy atom. The van der Waals surface area contributed by atoms with Crippen molar-refractivity contribution in [2.75, 3.05) is 12.4 Å². The predicted octanol–water partition coefficient (Wildman–Crippen LogP) is 3.44. The molecule has 0 saturated carbocycles. The van der Waals surface area contributed by atoms with Crippen LogP contribution in [0.4, 0.5) is 0 Å². The van der Waals surface area contributed by atoms with Crippen LogP contribution in [0, 0.1) is 11.8 Å². The van der Waals surface area contributed by atoms with Crippen molar-refractivity contribution in [1.82, 2.24) is 14.8 Å². The topological polar surface area (TPSA) is 39.9 Å². The van der Waals surface area contributed by atoms with Crippen LogP contribution >= 0.6 is 11.8 Å². The van der Waals surface area contributed by atoms with Crippen LogP contribution in [0.3, 0.4) is 0 Å². The molecule has 0 N–H and O–H groups in total. The van der Waals surface area contributed by atoms with Gasteiger partial charge in [0.15, 0.2) is 5.16 Å². The molecule has 0 unspecified atom stereocenters. The maximum absolute atomic E-state index is 5.52. The number of hydrogen-bond donors (Lipinski definition) is 0. The second-order valence-corrected chi connectivity index (χ2v) is 5.51. The standard InChI is InChI=1S/C18H15N3OS/c1-3-9-16(10-4-1)21-15-19-20-18(21)23-14-8-7-13-22-17-11-5-2-6-12-17/h1-6,9-12,15H,13-14H2. The SMILES string of the molecule is C(#CCSc1nncn1-c1ccccc1)COc1ccccc1. The molecule has 0 saturated heterocycles. The molecule has 1 aromatic heterocycles. The van der Waals surface area contributed by atoms with Gasteiger partial charge in [0.05, 0.1) is 5.75 Å². The molecule has 0 bridgehead atoms. The Bertz CT molecular complexity index is 791. The highest BCUT2D eigenvalue weighted by Crippen LogP contribution is 2.18. The lowest BCUT2D eigenvalue weighted by atomic mass is 10.3. The third kappa shape index (κ3) is 4.38. The summed E-state index contributed by atoms with van der Waals surface area (Å²) in [7, 11) is 0. The highest BCUT2D eigenvalue weighted by molar-refractivity contribution is 7.99. The van der Waals surface area contributed by atoms with Gasteiger partial charge in [-0.15, -0.1) is 10.2 Å². The molecule has 3 rings (SSSR count). The molecule has 0 amide bonds.